The van der Waals surface area contributed by atoms with Crippen molar-refractivity contribution in [2.75, 3.05) is 0 Å². The normalized spacial score (nSPS) is 17.3. The van der Waals surface area contributed by atoms with Gasteiger partial charge in [-0.1, -0.05) is 55.4 Å². The minimum atomic E-state index is -0.0486. The minimum Gasteiger partial charge on any atom is -0.355 e. The van der Waals surface area contributed by atoms with Crippen molar-refractivity contribution in [1.29, 1.82) is 0 Å². The fourth-order valence-corrected chi connectivity index (χ4v) is 7.30. The van der Waals surface area contributed by atoms with Crippen LogP contribution in [0.1, 0.15) is 113 Å². The van der Waals surface area contributed by atoms with E-state index >= 15 is 0 Å². The van der Waals surface area contributed by atoms with Gasteiger partial charge < -0.3 is 15.0 Å². The van der Waals surface area contributed by atoms with Crippen molar-refractivity contribution >= 4 is 30.0 Å². The van der Waals surface area contributed by atoms with Crippen LogP contribution in [0.15, 0.2) is 16.8 Å². The molecule has 0 amide bonds. The lowest BCUT2D eigenvalue weighted by molar-refractivity contribution is 0.505. The van der Waals surface area contributed by atoms with E-state index in [0.29, 0.717) is 0 Å². The van der Waals surface area contributed by atoms with E-state index in [1.807, 2.05) is 0 Å². The number of hydrogen-bond acceptors (Lipinski definition) is 1. The summed E-state index contributed by atoms with van der Waals surface area (Å²) in [6.45, 7) is 18.3. The molecule has 0 spiro atoms. The number of allylic oxidation sites excluding steroid dienone is 2. The van der Waals surface area contributed by atoms with Crippen molar-refractivity contribution < 1.29 is 0 Å². The number of aromatic amines is 3. The lowest BCUT2D eigenvalue weighted by Gasteiger charge is -2.24. The average Bonchev–Trinajstić information content (AvgIpc) is 3.68. The molecule has 3 aromatic rings. The van der Waals surface area contributed by atoms with Gasteiger partial charge in [-0.05, 0) is 115 Å². The molecule has 3 N–H and O–H groups in total. The monoisotopic (exact) mass is 536 g/mol. The Hall–Kier alpha value is -3.27. The summed E-state index contributed by atoms with van der Waals surface area (Å²) < 4.78 is 0. The van der Waals surface area contributed by atoms with Crippen LogP contribution in [-0.2, 0) is 38.5 Å². The van der Waals surface area contributed by atoms with Gasteiger partial charge in [0.2, 0.25) is 0 Å². The van der Waals surface area contributed by atoms with Crippen LogP contribution < -0.4 is 21.4 Å². The van der Waals surface area contributed by atoms with Crippen molar-refractivity contribution in [2.45, 2.75) is 107 Å². The molecule has 5 rings (SSSR count). The maximum atomic E-state index is 5.31. The number of H-pyrrole nitrogens is 3. The summed E-state index contributed by atoms with van der Waals surface area (Å²) in [6, 6.07) is 0. The quantitative estimate of drug-likeness (QED) is 0.344. The Balaban J connectivity index is 1.97. The molecular weight excluding hydrogens is 488 g/mol. The zero-order valence-corrected chi connectivity index (χ0v) is 26.0. The lowest BCUT2D eigenvalue weighted by Crippen LogP contribution is -2.26. The van der Waals surface area contributed by atoms with E-state index in [4.69, 9.17) is 4.99 Å². The molecule has 0 aliphatic carbocycles. The molecule has 5 heterocycles. The molecule has 8 bridgehead atoms. The largest absolute Gasteiger partial charge is 0.355 e. The Labute approximate surface area is 239 Å². The van der Waals surface area contributed by atoms with Gasteiger partial charge in [0, 0.05) is 38.2 Å². The molecule has 3 aromatic heterocycles. The van der Waals surface area contributed by atoms with E-state index in [9.17, 15) is 0 Å². The van der Waals surface area contributed by atoms with E-state index in [1.54, 1.807) is 0 Å². The summed E-state index contributed by atoms with van der Waals surface area (Å²) in [4.78, 5) is 16.9. The number of rotatable bonds is 8. The molecule has 0 atom stereocenters. The molecule has 0 radical (unpaired) electrons. The smallest absolute Gasteiger partial charge is 0.0623 e. The van der Waals surface area contributed by atoms with E-state index < -0.39 is 0 Å². The van der Waals surface area contributed by atoms with Crippen LogP contribution in [0.5, 0.6) is 0 Å². The molecule has 212 valence electrons. The van der Waals surface area contributed by atoms with E-state index in [2.05, 4.69) is 101 Å². The minimum absolute atomic E-state index is 0.0486. The first-order valence-corrected chi connectivity index (χ1v) is 15.8. The van der Waals surface area contributed by atoms with Gasteiger partial charge in [-0.15, -0.1) is 0 Å². The van der Waals surface area contributed by atoms with Gasteiger partial charge in [-0.25, -0.2) is 0 Å². The van der Waals surface area contributed by atoms with Crippen molar-refractivity contribution in [1.82, 2.24) is 15.0 Å². The van der Waals surface area contributed by atoms with E-state index in [1.165, 1.54) is 71.9 Å². The Morgan fingerprint density at radius 1 is 0.500 bits per heavy atom. The Morgan fingerprint density at radius 2 is 0.900 bits per heavy atom. The van der Waals surface area contributed by atoms with Gasteiger partial charge in [-0.2, -0.15) is 0 Å². The second-order valence-corrected chi connectivity index (χ2v) is 11.4. The molecule has 2 aliphatic rings. The first-order valence-electron chi connectivity index (χ1n) is 15.8. The Morgan fingerprint density at radius 3 is 1.30 bits per heavy atom. The van der Waals surface area contributed by atoms with E-state index in [0.717, 1.165) is 57.1 Å². The van der Waals surface area contributed by atoms with Gasteiger partial charge in [0.1, 0.15) is 0 Å². The summed E-state index contributed by atoms with van der Waals surface area (Å²) in [5.74, 6) is 0. The van der Waals surface area contributed by atoms with Gasteiger partial charge in [0.25, 0.3) is 0 Å². The first kappa shape index (κ1) is 28.3. The number of aromatic nitrogens is 3. The van der Waals surface area contributed by atoms with Crippen LogP contribution in [0.4, 0.5) is 0 Å². The molecule has 4 heteroatoms. The highest BCUT2D eigenvalue weighted by Crippen LogP contribution is 2.38. The van der Waals surface area contributed by atoms with Crippen LogP contribution in [0, 0.1) is 5.41 Å². The number of nitrogens with one attached hydrogen (secondary N) is 3. The Bertz CT molecular complexity index is 1720. The highest BCUT2D eigenvalue weighted by Gasteiger charge is 2.33. The van der Waals surface area contributed by atoms with Crippen LogP contribution in [0.3, 0.4) is 0 Å². The summed E-state index contributed by atoms with van der Waals surface area (Å²) in [5, 5.41) is 4.87. The fraction of sp³-hybridized carbons (Fsp3) is 0.472. The molecule has 2 aliphatic heterocycles. The fourth-order valence-electron chi connectivity index (χ4n) is 7.30. The first-order chi connectivity index (χ1) is 19.4. The standard InChI is InChI=1S/C36H48N4/c1-9-23-24(10-2)30-18-31-25(11-3)26(12-4)32(39-31)19-33-27(13-5)28(14-6)34(40-33)20-35-36(15-7,16-8)21-22(37-35)17-29(23)38-30/h17-21,38-40H,9-16H2,1-8H3/b29-17-,30-18-,33-19?,34-20?. The van der Waals surface area contributed by atoms with Crippen LogP contribution >= 0.6 is 0 Å². The Kier molecular flexibility index (Phi) is 7.99. The van der Waals surface area contributed by atoms with Crippen LogP contribution in [0.2, 0.25) is 0 Å². The van der Waals surface area contributed by atoms with E-state index in [-0.39, 0.29) is 5.41 Å². The van der Waals surface area contributed by atoms with Crippen molar-refractivity contribution in [3.8, 4) is 0 Å². The number of fused-ring (bicyclic) bond motifs is 7. The summed E-state index contributed by atoms with van der Waals surface area (Å²) >= 11 is 0. The number of nitrogens with zero attached hydrogens (tertiary/aromatic N) is 1. The third-order valence-corrected chi connectivity index (χ3v) is 9.57. The topological polar surface area (TPSA) is 59.7 Å². The average molecular weight is 537 g/mol. The molecule has 0 aromatic carbocycles. The number of aliphatic imine (C=N–C) groups is 1. The third-order valence-electron chi connectivity index (χ3n) is 9.57. The molecule has 40 heavy (non-hydrogen) atoms. The predicted octanol–water partition coefficient (Wildman–Crippen LogP) is 5.42. The SMILES string of the molecule is CCc1c2[nH]c(c1CC)/C=c1\[nH]/c(c(CC)c1CC)=C\C1=CC(CC)(CC)C(=N1)C=c1[nH]c(c(CC)c1CC)=C2. The molecule has 0 fully saturated rings. The highest BCUT2D eigenvalue weighted by molar-refractivity contribution is 6.16. The van der Waals surface area contributed by atoms with Crippen LogP contribution in [-0.4, -0.2) is 20.7 Å². The maximum Gasteiger partial charge on any atom is 0.0623 e. The second kappa shape index (κ2) is 11.3. The zero-order chi connectivity index (χ0) is 28.6. The zero-order valence-electron chi connectivity index (χ0n) is 26.0. The molecular formula is C36H48N4. The summed E-state index contributed by atoms with van der Waals surface area (Å²) in [7, 11) is 0. The van der Waals surface area contributed by atoms with Gasteiger partial charge in [0.15, 0.2) is 0 Å². The summed E-state index contributed by atoms with van der Waals surface area (Å²) in [6.07, 6.45) is 19.9. The molecule has 4 nitrogen and oxygen atoms in total. The molecule has 0 unspecified atom stereocenters. The van der Waals surface area contributed by atoms with Crippen LogP contribution in [0.25, 0.3) is 24.3 Å². The van der Waals surface area contributed by atoms with Crippen molar-refractivity contribution in [3.05, 3.63) is 77.9 Å². The van der Waals surface area contributed by atoms with Gasteiger partial charge in [0.05, 0.1) is 11.4 Å². The predicted molar refractivity (Wildman–Crippen MR) is 172 cm³/mol. The molecule has 0 saturated heterocycles. The number of hydrogen-bond donors (Lipinski definition) is 3. The summed E-state index contributed by atoms with van der Waals surface area (Å²) in [5.41, 5.74) is 13.2. The molecule has 0 saturated carbocycles. The van der Waals surface area contributed by atoms with Crippen molar-refractivity contribution in [2.24, 2.45) is 10.4 Å². The third kappa shape index (κ3) is 4.50. The second-order valence-electron chi connectivity index (χ2n) is 11.4. The van der Waals surface area contributed by atoms with Crippen molar-refractivity contribution in [3.63, 3.8) is 0 Å². The maximum absolute atomic E-state index is 5.31. The lowest BCUT2D eigenvalue weighted by atomic mass is 9.78. The highest BCUT2D eigenvalue weighted by atomic mass is 14.8. The van der Waals surface area contributed by atoms with Gasteiger partial charge >= 0.3 is 0 Å². The van der Waals surface area contributed by atoms with Gasteiger partial charge in [-0.3, -0.25) is 4.99 Å².